The first kappa shape index (κ1) is 37.8. The van der Waals surface area contributed by atoms with Crippen LogP contribution in [-0.2, 0) is 0 Å². The molecule has 0 aliphatic heterocycles. The van der Waals surface area contributed by atoms with Crippen molar-refractivity contribution < 1.29 is 4.42 Å². The second-order valence-electron chi connectivity index (χ2n) is 17.2. The molecule has 13 rings (SSSR count). The molecule has 0 unspecified atom stereocenters. The van der Waals surface area contributed by atoms with Crippen LogP contribution in [0.5, 0.6) is 0 Å². The first-order chi connectivity index (χ1) is 32.7. The summed E-state index contributed by atoms with van der Waals surface area (Å²) in [5.41, 5.74) is 14.5. The molecule has 0 spiro atoms. The van der Waals surface area contributed by atoms with Gasteiger partial charge in [0.1, 0.15) is 11.2 Å². The summed E-state index contributed by atoms with van der Waals surface area (Å²) in [5, 5.41) is 12.4. The number of para-hydroxylation sites is 1. The molecular weight excluding hydrogens is 799 g/mol. The van der Waals surface area contributed by atoms with Gasteiger partial charge in [0.2, 0.25) is 0 Å². The lowest BCUT2D eigenvalue weighted by molar-refractivity contribution is 0.669. The van der Waals surface area contributed by atoms with E-state index in [2.05, 4.69) is 241 Å². The molecule has 2 heteroatoms. The van der Waals surface area contributed by atoms with Gasteiger partial charge in [0.15, 0.2) is 0 Å². The molecule has 13 aromatic rings. The molecule has 2 nitrogen and oxygen atoms in total. The van der Waals surface area contributed by atoms with Crippen LogP contribution < -0.4 is 4.90 Å². The largest absolute Gasteiger partial charge is 0.456 e. The van der Waals surface area contributed by atoms with Gasteiger partial charge in [-0.15, -0.1) is 0 Å². The fourth-order valence-electron chi connectivity index (χ4n) is 10.2. The van der Waals surface area contributed by atoms with Crippen LogP contribution in [0.4, 0.5) is 17.1 Å². The van der Waals surface area contributed by atoms with E-state index in [4.69, 9.17) is 4.42 Å². The van der Waals surface area contributed by atoms with Gasteiger partial charge in [0.25, 0.3) is 0 Å². The summed E-state index contributed by atoms with van der Waals surface area (Å²) in [7, 11) is 0. The third kappa shape index (κ3) is 6.42. The topological polar surface area (TPSA) is 16.4 Å². The molecule has 12 aromatic carbocycles. The summed E-state index contributed by atoms with van der Waals surface area (Å²) in [6.07, 6.45) is 0. The number of fused-ring (bicyclic) bond motifs is 9. The van der Waals surface area contributed by atoms with Crippen LogP contribution in [0.15, 0.2) is 253 Å². The fourth-order valence-corrected chi connectivity index (χ4v) is 10.2. The molecule has 0 fully saturated rings. The molecule has 0 aliphatic rings. The maximum atomic E-state index is 6.27. The summed E-state index contributed by atoms with van der Waals surface area (Å²) < 4.78 is 6.27. The lowest BCUT2D eigenvalue weighted by Crippen LogP contribution is -2.10. The Morgan fingerprint density at radius 1 is 0.242 bits per heavy atom. The van der Waals surface area contributed by atoms with Crippen molar-refractivity contribution in [2.45, 2.75) is 0 Å². The van der Waals surface area contributed by atoms with Gasteiger partial charge in [-0.2, -0.15) is 0 Å². The molecule has 1 heterocycles. The lowest BCUT2D eigenvalue weighted by Gasteiger charge is -2.26. The SMILES string of the molecule is c1cc(-c2ccc(-c3cccc4c3ccc3ccccc34)cc2)cc(N(c2ccc(-c3ccc4ccc5ccccc5c4c3)cc2)c2ccc(-c3cccc4oc5ccccc5c34)cc2)c1. The molecule has 0 bridgehead atoms. The van der Waals surface area contributed by atoms with E-state index in [1.807, 2.05) is 12.1 Å². The van der Waals surface area contributed by atoms with Crippen molar-refractivity contribution in [1.82, 2.24) is 0 Å². The van der Waals surface area contributed by atoms with Gasteiger partial charge in [-0.25, -0.2) is 0 Å². The quantitative estimate of drug-likeness (QED) is 0.149. The highest BCUT2D eigenvalue weighted by Gasteiger charge is 2.17. The highest BCUT2D eigenvalue weighted by Crippen LogP contribution is 2.42. The maximum absolute atomic E-state index is 6.27. The van der Waals surface area contributed by atoms with Gasteiger partial charge in [-0.05, 0) is 142 Å². The van der Waals surface area contributed by atoms with E-state index in [0.717, 1.165) is 55.7 Å². The van der Waals surface area contributed by atoms with Gasteiger partial charge in [-0.1, -0.05) is 194 Å². The van der Waals surface area contributed by atoms with Crippen LogP contribution >= 0.6 is 0 Å². The third-order valence-electron chi connectivity index (χ3n) is 13.5. The first-order valence-electron chi connectivity index (χ1n) is 22.6. The number of benzene rings is 12. The summed E-state index contributed by atoms with van der Waals surface area (Å²) in [6, 6.07) is 90.3. The molecule has 0 amide bonds. The zero-order valence-electron chi connectivity index (χ0n) is 36.0. The predicted octanol–water partition coefficient (Wildman–Crippen LogP) is 18.3. The Morgan fingerprint density at radius 2 is 0.727 bits per heavy atom. The Morgan fingerprint density at radius 3 is 1.48 bits per heavy atom. The van der Waals surface area contributed by atoms with Gasteiger partial charge >= 0.3 is 0 Å². The maximum Gasteiger partial charge on any atom is 0.136 e. The van der Waals surface area contributed by atoms with Gasteiger partial charge in [0, 0.05) is 27.8 Å². The summed E-state index contributed by atoms with van der Waals surface area (Å²) in [6.45, 7) is 0. The second-order valence-corrected chi connectivity index (χ2v) is 17.2. The Hall–Kier alpha value is -8.72. The third-order valence-corrected chi connectivity index (χ3v) is 13.5. The molecule has 1 aromatic heterocycles. The number of rotatable bonds is 7. The summed E-state index contributed by atoms with van der Waals surface area (Å²) in [4.78, 5) is 2.37. The Bertz CT molecular complexity index is 3970. The zero-order valence-corrected chi connectivity index (χ0v) is 36.0. The normalized spacial score (nSPS) is 11.6. The molecule has 0 saturated carbocycles. The van der Waals surface area contributed by atoms with Crippen LogP contribution in [-0.4, -0.2) is 0 Å². The van der Waals surface area contributed by atoms with E-state index in [1.54, 1.807) is 0 Å². The van der Waals surface area contributed by atoms with Crippen molar-refractivity contribution in [1.29, 1.82) is 0 Å². The fraction of sp³-hybridized carbons (Fsp3) is 0. The lowest BCUT2D eigenvalue weighted by atomic mass is 9.93. The molecule has 0 atom stereocenters. The Labute approximate surface area is 382 Å². The van der Waals surface area contributed by atoms with E-state index >= 15 is 0 Å². The predicted molar refractivity (Wildman–Crippen MR) is 280 cm³/mol. The number of hydrogen-bond donors (Lipinski definition) is 0. The Balaban J connectivity index is 0.887. The van der Waals surface area contributed by atoms with E-state index in [0.29, 0.717) is 0 Å². The van der Waals surface area contributed by atoms with Crippen molar-refractivity contribution in [2.75, 3.05) is 4.90 Å². The van der Waals surface area contributed by atoms with E-state index in [-0.39, 0.29) is 0 Å². The molecule has 0 aliphatic carbocycles. The van der Waals surface area contributed by atoms with Crippen molar-refractivity contribution in [3.63, 3.8) is 0 Å². The standard InChI is InChI=1S/C64H41NO/c1-3-14-54-45(11-1)34-39-59-55(17-8-19-58(54)59)46-24-22-42(23-25-46)49-12-7-13-53(40-49)65(52-37-32-47(33-38-52)57-18-9-21-63-64(57)60-16-5-6-20-62(60)66-63)51-35-30-43(31-36-51)50-29-28-48-27-26-44-10-2-4-15-56(44)61(48)41-50/h1-41H. The van der Waals surface area contributed by atoms with Gasteiger partial charge in [-0.3, -0.25) is 0 Å². The zero-order chi connectivity index (χ0) is 43.6. The highest BCUT2D eigenvalue weighted by atomic mass is 16.3. The molecule has 308 valence electrons. The van der Waals surface area contributed by atoms with E-state index in [9.17, 15) is 0 Å². The summed E-state index contributed by atoms with van der Waals surface area (Å²) in [5.74, 6) is 0. The molecule has 0 saturated heterocycles. The molecular formula is C64H41NO. The minimum atomic E-state index is 0.898. The minimum absolute atomic E-state index is 0.898. The number of nitrogens with zero attached hydrogens (tertiary/aromatic N) is 1. The van der Waals surface area contributed by atoms with Gasteiger partial charge < -0.3 is 9.32 Å². The van der Waals surface area contributed by atoms with Crippen LogP contribution in [0.1, 0.15) is 0 Å². The molecule has 0 radical (unpaired) electrons. The average Bonchev–Trinajstić information content (AvgIpc) is 3.78. The molecule has 66 heavy (non-hydrogen) atoms. The van der Waals surface area contributed by atoms with Crippen LogP contribution in [0.3, 0.4) is 0 Å². The van der Waals surface area contributed by atoms with Crippen molar-refractivity contribution in [3.05, 3.63) is 249 Å². The average molecular weight is 840 g/mol. The van der Waals surface area contributed by atoms with Crippen LogP contribution in [0.2, 0.25) is 0 Å². The number of hydrogen-bond acceptors (Lipinski definition) is 2. The number of anilines is 3. The van der Waals surface area contributed by atoms with Crippen molar-refractivity contribution in [3.8, 4) is 44.5 Å². The summed E-state index contributed by atoms with van der Waals surface area (Å²) >= 11 is 0. The van der Waals surface area contributed by atoms with Crippen molar-refractivity contribution in [2.24, 2.45) is 0 Å². The van der Waals surface area contributed by atoms with Crippen LogP contribution in [0.25, 0.3) is 110 Å². The van der Waals surface area contributed by atoms with Crippen LogP contribution in [0, 0.1) is 0 Å². The smallest absolute Gasteiger partial charge is 0.136 e. The Kier molecular flexibility index (Phi) is 8.89. The van der Waals surface area contributed by atoms with E-state index in [1.165, 1.54) is 70.9 Å². The first-order valence-corrected chi connectivity index (χ1v) is 22.6. The van der Waals surface area contributed by atoms with E-state index < -0.39 is 0 Å². The van der Waals surface area contributed by atoms with Gasteiger partial charge in [0.05, 0.1) is 0 Å². The monoisotopic (exact) mass is 839 g/mol. The highest BCUT2D eigenvalue weighted by molar-refractivity contribution is 6.14. The van der Waals surface area contributed by atoms with Crippen molar-refractivity contribution >= 4 is 82.1 Å². The number of furan rings is 1. The minimum Gasteiger partial charge on any atom is -0.456 e. The second kappa shape index (κ2) is 15.5. The molecule has 0 N–H and O–H groups in total.